The highest BCUT2D eigenvalue weighted by atomic mass is 79.9. The lowest BCUT2D eigenvalue weighted by atomic mass is 10.1. The Bertz CT molecular complexity index is 873. The fourth-order valence-electron chi connectivity index (χ4n) is 2.43. The van der Waals surface area contributed by atoms with Crippen molar-refractivity contribution in [1.29, 1.82) is 5.26 Å². The lowest BCUT2D eigenvalue weighted by Crippen LogP contribution is -2.23. The minimum atomic E-state index is -0.428. The summed E-state index contributed by atoms with van der Waals surface area (Å²) in [5.41, 5.74) is 1.64. The van der Waals surface area contributed by atoms with E-state index in [1.54, 1.807) is 12.1 Å². The molecular weight excluding hydrogens is 420 g/mol. The van der Waals surface area contributed by atoms with Gasteiger partial charge in [-0.15, -0.1) is 0 Å². The van der Waals surface area contributed by atoms with Crippen LogP contribution >= 0.6 is 15.9 Å². The van der Waals surface area contributed by atoms with Crippen LogP contribution in [0.2, 0.25) is 0 Å². The quantitative estimate of drug-likeness (QED) is 0.444. The predicted molar refractivity (Wildman–Crippen MR) is 113 cm³/mol. The van der Waals surface area contributed by atoms with Crippen LogP contribution < -0.4 is 14.8 Å². The molecule has 0 saturated heterocycles. The van der Waals surface area contributed by atoms with Crippen molar-refractivity contribution in [2.45, 2.75) is 26.8 Å². The minimum absolute atomic E-state index is 0.0151. The van der Waals surface area contributed by atoms with E-state index in [4.69, 9.17) is 9.47 Å². The Balaban J connectivity index is 2.23. The topological polar surface area (TPSA) is 71.3 Å². The van der Waals surface area contributed by atoms with Crippen molar-refractivity contribution in [3.05, 3.63) is 63.6 Å². The van der Waals surface area contributed by atoms with Gasteiger partial charge in [-0.25, -0.2) is 0 Å². The molecule has 0 unspecified atom stereocenters. The molecule has 0 aliphatic carbocycles. The normalized spacial score (nSPS) is 10.9. The number of nitriles is 1. The average molecular weight is 443 g/mol. The first-order valence-electron chi connectivity index (χ1n) is 9.12. The molecule has 0 aromatic heterocycles. The monoisotopic (exact) mass is 442 g/mol. The van der Waals surface area contributed by atoms with Crippen molar-refractivity contribution in [2.24, 2.45) is 0 Å². The van der Waals surface area contributed by atoms with E-state index in [-0.39, 0.29) is 5.57 Å². The standard InChI is InChI=1S/C22H23BrN2O3/c1-3-10-28-21-13-19(23)17(12-20(21)27-4-2)11-18(14-24)22(26)25-15-16-8-6-5-7-9-16/h5-9,11-13H,3-4,10,15H2,1-2H3,(H,25,26). The van der Waals surface area contributed by atoms with Gasteiger partial charge in [-0.3, -0.25) is 4.79 Å². The van der Waals surface area contributed by atoms with E-state index in [9.17, 15) is 10.1 Å². The summed E-state index contributed by atoms with van der Waals surface area (Å²) in [6.45, 7) is 5.33. The summed E-state index contributed by atoms with van der Waals surface area (Å²) >= 11 is 3.49. The molecule has 0 saturated carbocycles. The summed E-state index contributed by atoms with van der Waals surface area (Å²) in [7, 11) is 0. The third-order valence-corrected chi connectivity index (χ3v) is 4.47. The number of benzene rings is 2. The van der Waals surface area contributed by atoms with Gasteiger partial charge in [0.25, 0.3) is 5.91 Å². The van der Waals surface area contributed by atoms with Crippen molar-refractivity contribution in [2.75, 3.05) is 13.2 Å². The van der Waals surface area contributed by atoms with Crippen LogP contribution in [-0.4, -0.2) is 19.1 Å². The van der Waals surface area contributed by atoms with Gasteiger partial charge in [-0.05, 0) is 42.7 Å². The van der Waals surface area contributed by atoms with Crippen molar-refractivity contribution >= 4 is 27.9 Å². The lowest BCUT2D eigenvalue weighted by molar-refractivity contribution is -0.117. The van der Waals surface area contributed by atoms with Crippen molar-refractivity contribution in [3.63, 3.8) is 0 Å². The number of halogens is 1. The van der Waals surface area contributed by atoms with E-state index in [0.29, 0.717) is 41.3 Å². The Morgan fingerprint density at radius 3 is 2.54 bits per heavy atom. The van der Waals surface area contributed by atoms with Gasteiger partial charge in [0.05, 0.1) is 13.2 Å². The number of hydrogen-bond donors (Lipinski definition) is 1. The third-order valence-electron chi connectivity index (χ3n) is 3.79. The number of amides is 1. The van der Waals surface area contributed by atoms with Crippen LogP contribution in [0.5, 0.6) is 11.5 Å². The zero-order valence-corrected chi connectivity index (χ0v) is 17.6. The second kappa shape index (κ2) is 11.2. The van der Waals surface area contributed by atoms with Crippen LogP contribution in [0, 0.1) is 11.3 Å². The fourth-order valence-corrected chi connectivity index (χ4v) is 2.87. The molecule has 0 fully saturated rings. The zero-order chi connectivity index (χ0) is 20.4. The smallest absolute Gasteiger partial charge is 0.262 e. The Morgan fingerprint density at radius 2 is 1.89 bits per heavy atom. The largest absolute Gasteiger partial charge is 0.490 e. The predicted octanol–water partition coefficient (Wildman–Crippen LogP) is 4.86. The first-order chi connectivity index (χ1) is 13.6. The average Bonchev–Trinajstić information content (AvgIpc) is 2.71. The number of carbonyl (C=O) groups is 1. The van der Waals surface area contributed by atoms with Gasteiger partial charge in [0, 0.05) is 11.0 Å². The maximum absolute atomic E-state index is 12.4. The Kier molecular flexibility index (Phi) is 8.57. The van der Waals surface area contributed by atoms with Crippen LogP contribution in [0.15, 0.2) is 52.5 Å². The fraction of sp³-hybridized carbons (Fsp3) is 0.273. The third kappa shape index (κ3) is 6.14. The van der Waals surface area contributed by atoms with E-state index in [1.807, 2.05) is 50.2 Å². The van der Waals surface area contributed by atoms with Gasteiger partial charge >= 0.3 is 0 Å². The second-order valence-electron chi connectivity index (χ2n) is 5.94. The van der Waals surface area contributed by atoms with Crippen molar-refractivity contribution in [1.82, 2.24) is 5.32 Å². The van der Waals surface area contributed by atoms with Crippen LogP contribution in [0.4, 0.5) is 0 Å². The van der Waals surface area contributed by atoms with Gasteiger partial charge in [0.1, 0.15) is 11.6 Å². The number of carbonyl (C=O) groups excluding carboxylic acids is 1. The van der Waals surface area contributed by atoms with E-state index < -0.39 is 5.91 Å². The lowest BCUT2D eigenvalue weighted by Gasteiger charge is -2.13. The van der Waals surface area contributed by atoms with Gasteiger partial charge in [-0.1, -0.05) is 53.2 Å². The molecule has 0 spiro atoms. The van der Waals surface area contributed by atoms with E-state index in [1.165, 1.54) is 6.08 Å². The molecule has 0 bridgehead atoms. The van der Waals surface area contributed by atoms with Gasteiger partial charge in [0.2, 0.25) is 0 Å². The highest BCUT2D eigenvalue weighted by Crippen LogP contribution is 2.35. The number of rotatable bonds is 9. The molecule has 146 valence electrons. The number of nitrogens with zero attached hydrogens (tertiary/aromatic N) is 1. The molecule has 0 aliphatic rings. The van der Waals surface area contributed by atoms with E-state index in [0.717, 1.165) is 12.0 Å². The molecule has 28 heavy (non-hydrogen) atoms. The summed E-state index contributed by atoms with van der Waals surface area (Å²) in [6.07, 6.45) is 2.42. The molecule has 1 amide bonds. The molecule has 2 aromatic rings. The van der Waals surface area contributed by atoms with Crippen molar-refractivity contribution in [3.8, 4) is 17.6 Å². The van der Waals surface area contributed by atoms with Gasteiger partial charge in [-0.2, -0.15) is 5.26 Å². The number of ether oxygens (including phenoxy) is 2. The first-order valence-corrected chi connectivity index (χ1v) is 9.91. The van der Waals surface area contributed by atoms with Crippen LogP contribution in [0.1, 0.15) is 31.4 Å². The summed E-state index contributed by atoms with van der Waals surface area (Å²) in [5, 5.41) is 12.2. The Morgan fingerprint density at radius 1 is 1.18 bits per heavy atom. The van der Waals surface area contributed by atoms with Crippen LogP contribution in [0.3, 0.4) is 0 Å². The summed E-state index contributed by atoms with van der Waals surface area (Å²) in [4.78, 5) is 12.4. The molecule has 5 nitrogen and oxygen atoms in total. The molecule has 0 heterocycles. The highest BCUT2D eigenvalue weighted by molar-refractivity contribution is 9.10. The molecule has 0 atom stereocenters. The summed E-state index contributed by atoms with van der Waals surface area (Å²) < 4.78 is 12.1. The van der Waals surface area contributed by atoms with E-state index in [2.05, 4.69) is 21.2 Å². The van der Waals surface area contributed by atoms with Gasteiger partial charge < -0.3 is 14.8 Å². The molecule has 6 heteroatoms. The molecule has 0 aliphatic heterocycles. The maximum Gasteiger partial charge on any atom is 0.262 e. The zero-order valence-electron chi connectivity index (χ0n) is 16.0. The number of nitrogens with one attached hydrogen (secondary N) is 1. The summed E-state index contributed by atoms with van der Waals surface area (Å²) in [5.74, 6) is 0.773. The molecular formula is C22H23BrN2O3. The highest BCUT2D eigenvalue weighted by Gasteiger charge is 2.13. The van der Waals surface area contributed by atoms with Crippen molar-refractivity contribution < 1.29 is 14.3 Å². The van der Waals surface area contributed by atoms with E-state index >= 15 is 0 Å². The van der Waals surface area contributed by atoms with Crippen LogP contribution in [-0.2, 0) is 11.3 Å². The van der Waals surface area contributed by atoms with Crippen LogP contribution in [0.25, 0.3) is 6.08 Å². The molecule has 0 radical (unpaired) electrons. The minimum Gasteiger partial charge on any atom is -0.490 e. The molecule has 1 N–H and O–H groups in total. The second-order valence-corrected chi connectivity index (χ2v) is 6.79. The first kappa shape index (κ1) is 21.5. The van der Waals surface area contributed by atoms with Gasteiger partial charge in [0.15, 0.2) is 11.5 Å². The molecule has 2 aromatic carbocycles. The SMILES string of the molecule is CCCOc1cc(Br)c(C=C(C#N)C(=O)NCc2ccccc2)cc1OCC. The Hall–Kier alpha value is -2.78. The maximum atomic E-state index is 12.4. The summed E-state index contributed by atoms with van der Waals surface area (Å²) in [6, 6.07) is 15.1. The number of hydrogen-bond acceptors (Lipinski definition) is 4. The molecule has 2 rings (SSSR count). The Labute approximate surface area is 174 Å².